The van der Waals surface area contributed by atoms with Crippen LogP contribution in [0.5, 0.6) is 0 Å². The molecule has 0 saturated carbocycles. The minimum atomic E-state index is -0.226. The van der Waals surface area contributed by atoms with Gasteiger partial charge in [-0.25, -0.2) is 9.97 Å². The zero-order chi connectivity index (χ0) is 18.4. The summed E-state index contributed by atoms with van der Waals surface area (Å²) in [7, 11) is 0. The van der Waals surface area contributed by atoms with Gasteiger partial charge >= 0.3 is 0 Å². The molecule has 0 aliphatic heterocycles. The quantitative estimate of drug-likeness (QED) is 0.736. The Hall–Kier alpha value is -2.28. The van der Waals surface area contributed by atoms with Gasteiger partial charge in [-0.15, -0.1) is 11.3 Å². The lowest BCUT2D eigenvalue weighted by Gasteiger charge is -2.14. The Morgan fingerprint density at radius 2 is 2.00 bits per heavy atom. The minimum Gasteiger partial charge on any atom is -0.336 e. The summed E-state index contributed by atoms with van der Waals surface area (Å²) in [5.41, 5.74) is 3.25. The predicted molar refractivity (Wildman–Crippen MR) is 99.4 cm³/mol. The van der Waals surface area contributed by atoms with Crippen LogP contribution in [-0.2, 0) is 5.41 Å². The molecule has 1 amide bonds. The molecule has 0 fully saturated rings. The number of nitrogens with zero attached hydrogens (tertiary/aromatic N) is 3. The second kappa shape index (κ2) is 6.22. The Bertz CT molecular complexity index is 934. The fourth-order valence-electron chi connectivity index (χ4n) is 2.43. The fraction of sp³-hybridized carbons (Fsp3) is 0.444. The van der Waals surface area contributed by atoms with Gasteiger partial charge in [-0.05, 0) is 18.9 Å². The molecule has 7 heteroatoms. The lowest BCUT2D eigenvalue weighted by Crippen LogP contribution is -2.15. The van der Waals surface area contributed by atoms with E-state index in [2.05, 4.69) is 41.2 Å². The summed E-state index contributed by atoms with van der Waals surface area (Å²) < 4.78 is 5.28. The third-order valence-electron chi connectivity index (χ3n) is 3.97. The Kier molecular flexibility index (Phi) is 4.36. The van der Waals surface area contributed by atoms with E-state index >= 15 is 0 Å². The van der Waals surface area contributed by atoms with Crippen molar-refractivity contribution in [3.63, 3.8) is 0 Å². The van der Waals surface area contributed by atoms with Crippen LogP contribution in [0.1, 0.15) is 68.0 Å². The number of pyridine rings is 1. The number of aryl methyl sites for hydroxylation is 1. The highest BCUT2D eigenvalue weighted by atomic mass is 32.1. The van der Waals surface area contributed by atoms with E-state index < -0.39 is 0 Å². The molecule has 0 atom stereocenters. The highest BCUT2D eigenvalue weighted by Gasteiger charge is 2.22. The van der Waals surface area contributed by atoms with Crippen molar-refractivity contribution in [2.75, 3.05) is 5.32 Å². The van der Waals surface area contributed by atoms with Crippen molar-refractivity contribution in [1.29, 1.82) is 0 Å². The summed E-state index contributed by atoms with van der Waals surface area (Å²) >= 11 is 1.42. The van der Waals surface area contributed by atoms with E-state index in [1.165, 1.54) is 11.3 Å². The van der Waals surface area contributed by atoms with Crippen molar-refractivity contribution >= 4 is 33.5 Å². The Balaban J connectivity index is 1.99. The number of carbonyl (C=O) groups excluding carboxylic acids is 1. The Morgan fingerprint density at radius 3 is 2.60 bits per heavy atom. The largest absolute Gasteiger partial charge is 0.336 e. The molecule has 0 radical (unpaired) electrons. The Morgan fingerprint density at radius 1 is 1.28 bits per heavy atom. The van der Waals surface area contributed by atoms with E-state index in [9.17, 15) is 4.79 Å². The smallest absolute Gasteiger partial charge is 0.259 e. The highest BCUT2D eigenvalue weighted by Crippen LogP contribution is 2.28. The van der Waals surface area contributed by atoms with Crippen LogP contribution in [0.2, 0.25) is 0 Å². The van der Waals surface area contributed by atoms with Crippen molar-refractivity contribution in [1.82, 2.24) is 15.1 Å². The second-order valence-electron chi connectivity index (χ2n) is 7.44. The maximum absolute atomic E-state index is 12.9. The van der Waals surface area contributed by atoms with Gasteiger partial charge < -0.3 is 4.52 Å². The maximum atomic E-state index is 12.9. The number of nitrogens with one attached hydrogen (secondary N) is 1. The first-order chi connectivity index (χ1) is 11.7. The van der Waals surface area contributed by atoms with E-state index in [1.807, 2.05) is 25.3 Å². The molecule has 3 aromatic rings. The third kappa shape index (κ3) is 3.42. The molecule has 25 heavy (non-hydrogen) atoms. The zero-order valence-corrected chi connectivity index (χ0v) is 16.1. The summed E-state index contributed by atoms with van der Waals surface area (Å²) in [6.07, 6.45) is 0. The number of thiazole rings is 1. The topological polar surface area (TPSA) is 80.9 Å². The zero-order valence-electron chi connectivity index (χ0n) is 15.3. The fourth-order valence-corrected chi connectivity index (χ4v) is 3.36. The highest BCUT2D eigenvalue weighted by molar-refractivity contribution is 7.14. The number of fused-ring (bicyclic) bond motifs is 1. The average Bonchev–Trinajstić information content (AvgIpc) is 3.13. The standard InChI is InChI=1S/C18H22N4O2S/c1-9(2)12-7-11(14-10(3)22-24-16(14)19-12)15(23)21-17-20-13(8-25-17)18(4,5)6/h7-9H,1-6H3,(H,20,21,23). The first kappa shape index (κ1) is 17.5. The van der Waals surface area contributed by atoms with Crippen molar-refractivity contribution < 1.29 is 9.32 Å². The number of anilines is 1. The van der Waals surface area contributed by atoms with E-state index in [0.717, 1.165) is 11.4 Å². The molecule has 0 aliphatic rings. The predicted octanol–water partition coefficient (Wildman–Crippen LogP) is 4.66. The molecular weight excluding hydrogens is 336 g/mol. The van der Waals surface area contributed by atoms with Crippen molar-refractivity contribution in [3.8, 4) is 0 Å². The van der Waals surface area contributed by atoms with E-state index in [4.69, 9.17) is 4.52 Å². The molecule has 3 heterocycles. The van der Waals surface area contributed by atoms with Gasteiger partial charge in [0.15, 0.2) is 5.13 Å². The first-order valence-electron chi connectivity index (χ1n) is 8.21. The van der Waals surface area contributed by atoms with Crippen LogP contribution in [-0.4, -0.2) is 21.0 Å². The summed E-state index contributed by atoms with van der Waals surface area (Å²) in [5.74, 6) is -0.0517. The van der Waals surface area contributed by atoms with Crippen molar-refractivity contribution in [3.05, 3.63) is 34.1 Å². The van der Waals surface area contributed by atoms with Crippen LogP contribution in [0.25, 0.3) is 11.1 Å². The van der Waals surface area contributed by atoms with Gasteiger partial charge in [0.1, 0.15) is 0 Å². The average molecular weight is 358 g/mol. The van der Waals surface area contributed by atoms with Gasteiger partial charge in [-0.1, -0.05) is 39.8 Å². The number of hydrogen-bond acceptors (Lipinski definition) is 6. The normalized spacial score (nSPS) is 12.1. The number of rotatable bonds is 3. The van der Waals surface area contributed by atoms with Crippen molar-refractivity contribution in [2.24, 2.45) is 0 Å². The summed E-state index contributed by atoms with van der Waals surface area (Å²) in [6.45, 7) is 12.1. The molecule has 3 aromatic heterocycles. The molecule has 0 aliphatic carbocycles. The molecule has 0 saturated heterocycles. The molecule has 0 aromatic carbocycles. The van der Waals surface area contributed by atoms with Crippen LogP contribution < -0.4 is 5.32 Å². The summed E-state index contributed by atoms with van der Waals surface area (Å²) in [6, 6.07) is 1.81. The van der Waals surface area contributed by atoms with Crippen LogP contribution in [0.4, 0.5) is 5.13 Å². The SMILES string of the molecule is Cc1noc2nc(C(C)C)cc(C(=O)Nc3nc(C(C)(C)C)cs3)c12. The van der Waals surface area contributed by atoms with Crippen LogP contribution in [0.15, 0.2) is 16.0 Å². The van der Waals surface area contributed by atoms with E-state index in [-0.39, 0.29) is 17.2 Å². The maximum Gasteiger partial charge on any atom is 0.259 e. The van der Waals surface area contributed by atoms with Gasteiger partial charge in [0.05, 0.1) is 22.3 Å². The molecular formula is C18H22N4O2S. The summed E-state index contributed by atoms with van der Waals surface area (Å²) in [5, 5.41) is 10.1. The third-order valence-corrected chi connectivity index (χ3v) is 4.72. The molecule has 6 nitrogen and oxygen atoms in total. The van der Waals surface area contributed by atoms with E-state index in [0.29, 0.717) is 27.5 Å². The van der Waals surface area contributed by atoms with Crippen LogP contribution in [0.3, 0.4) is 0 Å². The lowest BCUT2D eigenvalue weighted by molar-refractivity contribution is 0.102. The van der Waals surface area contributed by atoms with Gasteiger partial charge in [-0.2, -0.15) is 0 Å². The Labute approximate surface area is 150 Å². The van der Waals surface area contributed by atoms with Gasteiger partial charge in [0.2, 0.25) is 0 Å². The van der Waals surface area contributed by atoms with Crippen LogP contribution >= 0.6 is 11.3 Å². The van der Waals surface area contributed by atoms with Crippen molar-refractivity contribution in [2.45, 2.75) is 52.9 Å². The second-order valence-corrected chi connectivity index (χ2v) is 8.30. The minimum absolute atomic E-state index is 0.0563. The molecule has 1 N–H and O–H groups in total. The van der Waals surface area contributed by atoms with Gasteiger partial charge in [0.25, 0.3) is 11.6 Å². The molecule has 3 rings (SSSR count). The number of amides is 1. The van der Waals surface area contributed by atoms with Crippen LogP contribution in [0, 0.1) is 6.92 Å². The number of carbonyl (C=O) groups is 1. The monoisotopic (exact) mass is 358 g/mol. The lowest BCUT2D eigenvalue weighted by atomic mass is 9.93. The molecule has 0 unspecified atom stereocenters. The van der Waals surface area contributed by atoms with Gasteiger partial charge in [-0.3, -0.25) is 10.1 Å². The first-order valence-corrected chi connectivity index (χ1v) is 9.09. The molecule has 0 spiro atoms. The molecule has 132 valence electrons. The summed E-state index contributed by atoms with van der Waals surface area (Å²) in [4.78, 5) is 21.9. The van der Waals surface area contributed by atoms with E-state index in [1.54, 1.807) is 6.92 Å². The number of aromatic nitrogens is 3. The number of hydrogen-bond donors (Lipinski definition) is 1. The van der Waals surface area contributed by atoms with Gasteiger partial charge in [0, 0.05) is 16.5 Å². The molecule has 0 bridgehead atoms.